The largest absolute Gasteiger partial charge is 0.368 e. The molecule has 0 aliphatic heterocycles. The summed E-state index contributed by atoms with van der Waals surface area (Å²) in [6, 6.07) is 2.52. The number of nitrogens with zero attached hydrogens (tertiary/aromatic N) is 2. The number of aryl methyl sites for hydroxylation is 2. The number of hydrogen-bond acceptors (Lipinski definition) is 3. The van der Waals surface area contributed by atoms with Crippen molar-refractivity contribution >= 4 is 5.91 Å². The average molecular weight is 276 g/mol. The van der Waals surface area contributed by atoms with E-state index in [9.17, 15) is 4.79 Å². The molecule has 1 aromatic rings. The summed E-state index contributed by atoms with van der Waals surface area (Å²) in [6.07, 6.45) is 8.39. The van der Waals surface area contributed by atoms with Crippen molar-refractivity contribution < 1.29 is 4.79 Å². The first-order chi connectivity index (χ1) is 9.60. The van der Waals surface area contributed by atoms with Crippen molar-refractivity contribution in [3.05, 3.63) is 18.0 Å². The zero-order valence-corrected chi connectivity index (χ0v) is 12.1. The van der Waals surface area contributed by atoms with Crippen LogP contribution in [0.1, 0.15) is 44.2 Å². The van der Waals surface area contributed by atoms with E-state index in [1.165, 1.54) is 12.8 Å². The first-order valence-corrected chi connectivity index (χ1v) is 7.68. The molecule has 2 atom stereocenters. The number of carbonyl (C=O) groups is 1. The van der Waals surface area contributed by atoms with Crippen LogP contribution in [-0.4, -0.2) is 27.3 Å². The summed E-state index contributed by atoms with van der Waals surface area (Å²) in [7, 11) is 0. The molecule has 2 unspecified atom stereocenters. The second kappa shape index (κ2) is 5.20. The number of nitrogens with one attached hydrogen (secondary N) is 1. The Morgan fingerprint density at radius 2 is 2.35 bits per heavy atom. The molecule has 2 aliphatic carbocycles. The van der Waals surface area contributed by atoms with Gasteiger partial charge in [0.05, 0.1) is 5.69 Å². The molecular formula is C15H24N4O. The first kappa shape index (κ1) is 13.6. The first-order valence-electron chi connectivity index (χ1n) is 7.68. The van der Waals surface area contributed by atoms with Crippen LogP contribution in [0.4, 0.5) is 0 Å². The molecule has 0 radical (unpaired) electrons. The Hall–Kier alpha value is -1.36. The minimum absolute atomic E-state index is 0.163. The van der Waals surface area contributed by atoms with Gasteiger partial charge in [-0.1, -0.05) is 6.42 Å². The van der Waals surface area contributed by atoms with Crippen LogP contribution in [0.2, 0.25) is 0 Å². The van der Waals surface area contributed by atoms with Gasteiger partial charge in [0, 0.05) is 18.8 Å². The number of rotatable bonds is 6. The fourth-order valence-corrected chi connectivity index (χ4v) is 3.52. The van der Waals surface area contributed by atoms with E-state index in [2.05, 4.69) is 10.4 Å². The second-order valence-corrected chi connectivity index (χ2v) is 6.35. The number of nitrogens with two attached hydrogens (primary N) is 1. The van der Waals surface area contributed by atoms with Crippen molar-refractivity contribution in [2.45, 2.75) is 63.6 Å². The Bertz CT molecular complexity index is 494. The highest BCUT2D eigenvalue weighted by Gasteiger charge is 2.49. The van der Waals surface area contributed by atoms with Crippen LogP contribution in [0.15, 0.2) is 12.3 Å². The zero-order valence-electron chi connectivity index (χ0n) is 12.1. The van der Waals surface area contributed by atoms with E-state index in [0.717, 1.165) is 37.9 Å². The van der Waals surface area contributed by atoms with Crippen molar-refractivity contribution in [2.24, 2.45) is 11.7 Å². The molecule has 1 aromatic heterocycles. The van der Waals surface area contributed by atoms with E-state index < -0.39 is 5.54 Å². The zero-order chi connectivity index (χ0) is 14.2. The third-order valence-corrected chi connectivity index (χ3v) is 4.78. The lowest BCUT2D eigenvalue weighted by Crippen LogP contribution is -2.58. The average Bonchev–Trinajstić information content (AvgIpc) is 2.95. The normalized spacial score (nSPS) is 29.8. The van der Waals surface area contributed by atoms with E-state index in [0.29, 0.717) is 12.0 Å². The summed E-state index contributed by atoms with van der Waals surface area (Å²) in [5.74, 6) is 0.175. The van der Waals surface area contributed by atoms with Crippen molar-refractivity contribution in [1.82, 2.24) is 15.1 Å². The third kappa shape index (κ3) is 2.59. The van der Waals surface area contributed by atoms with Crippen LogP contribution < -0.4 is 11.1 Å². The summed E-state index contributed by atoms with van der Waals surface area (Å²) < 4.78 is 1.97. The highest BCUT2D eigenvalue weighted by molar-refractivity contribution is 5.85. The van der Waals surface area contributed by atoms with E-state index >= 15 is 0 Å². The van der Waals surface area contributed by atoms with Gasteiger partial charge >= 0.3 is 0 Å². The third-order valence-electron chi connectivity index (χ3n) is 4.78. The highest BCUT2D eigenvalue weighted by atomic mass is 16.1. The molecule has 2 fully saturated rings. The van der Waals surface area contributed by atoms with Crippen LogP contribution in [-0.2, 0) is 11.3 Å². The molecule has 110 valence electrons. The number of amides is 1. The van der Waals surface area contributed by atoms with E-state index in [1.807, 2.05) is 23.9 Å². The maximum Gasteiger partial charge on any atom is 0.238 e. The summed E-state index contributed by atoms with van der Waals surface area (Å²) >= 11 is 0. The molecule has 0 saturated heterocycles. The van der Waals surface area contributed by atoms with Crippen LogP contribution in [0, 0.1) is 12.8 Å². The SMILES string of the molecule is Cc1ccn(CCC2CCCC2(NC2CC2)C(N)=O)n1. The molecule has 20 heavy (non-hydrogen) atoms. The number of carbonyl (C=O) groups excluding carboxylic acids is 1. The highest BCUT2D eigenvalue weighted by Crippen LogP contribution is 2.40. The van der Waals surface area contributed by atoms with Gasteiger partial charge in [-0.15, -0.1) is 0 Å². The van der Waals surface area contributed by atoms with Crippen LogP contribution >= 0.6 is 0 Å². The van der Waals surface area contributed by atoms with Crippen LogP contribution in [0.5, 0.6) is 0 Å². The van der Waals surface area contributed by atoms with Crippen molar-refractivity contribution in [1.29, 1.82) is 0 Å². The molecule has 5 heteroatoms. The molecular weight excluding hydrogens is 252 g/mol. The predicted octanol–water partition coefficient (Wildman–Crippen LogP) is 1.36. The monoisotopic (exact) mass is 276 g/mol. The topological polar surface area (TPSA) is 72.9 Å². The second-order valence-electron chi connectivity index (χ2n) is 6.35. The Labute approximate surface area is 119 Å². The molecule has 5 nitrogen and oxygen atoms in total. The smallest absolute Gasteiger partial charge is 0.238 e. The molecule has 1 amide bonds. The quantitative estimate of drug-likeness (QED) is 0.824. The summed E-state index contributed by atoms with van der Waals surface area (Å²) in [5, 5.41) is 7.97. The van der Waals surface area contributed by atoms with Crippen LogP contribution in [0.3, 0.4) is 0 Å². The Morgan fingerprint density at radius 3 is 2.95 bits per heavy atom. The van der Waals surface area contributed by atoms with Crippen molar-refractivity contribution in [3.63, 3.8) is 0 Å². The predicted molar refractivity (Wildman–Crippen MR) is 77.0 cm³/mol. The van der Waals surface area contributed by atoms with Gasteiger partial charge in [0.15, 0.2) is 0 Å². The lowest BCUT2D eigenvalue weighted by Gasteiger charge is -2.34. The van der Waals surface area contributed by atoms with E-state index in [-0.39, 0.29) is 5.91 Å². The molecule has 3 rings (SSSR count). The Kier molecular flexibility index (Phi) is 3.54. The number of primary amides is 1. The lowest BCUT2D eigenvalue weighted by molar-refractivity contribution is -0.126. The van der Waals surface area contributed by atoms with Crippen LogP contribution in [0.25, 0.3) is 0 Å². The maximum absolute atomic E-state index is 12.0. The fraction of sp³-hybridized carbons (Fsp3) is 0.733. The van der Waals surface area contributed by atoms with Gasteiger partial charge in [-0.05, 0) is 51.0 Å². The summed E-state index contributed by atoms with van der Waals surface area (Å²) in [5.41, 5.74) is 6.32. The fourth-order valence-electron chi connectivity index (χ4n) is 3.52. The molecule has 0 aromatic carbocycles. The summed E-state index contributed by atoms with van der Waals surface area (Å²) in [4.78, 5) is 12.0. The van der Waals surface area contributed by atoms with Gasteiger partial charge in [0.2, 0.25) is 5.91 Å². The van der Waals surface area contributed by atoms with Gasteiger partial charge in [-0.3, -0.25) is 9.48 Å². The lowest BCUT2D eigenvalue weighted by atomic mass is 9.83. The summed E-state index contributed by atoms with van der Waals surface area (Å²) in [6.45, 7) is 2.86. The molecule has 0 bridgehead atoms. The van der Waals surface area contributed by atoms with E-state index in [1.54, 1.807) is 0 Å². The number of hydrogen-bond donors (Lipinski definition) is 2. The molecule has 0 spiro atoms. The minimum atomic E-state index is -0.469. The molecule has 3 N–H and O–H groups in total. The maximum atomic E-state index is 12.0. The van der Waals surface area contributed by atoms with E-state index in [4.69, 9.17) is 5.73 Å². The molecule has 2 aliphatic rings. The van der Waals surface area contributed by atoms with Crippen molar-refractivity contribution in [2.75, 3.05) is 0 Å². The minimum Gasteiger partial charge on any atom is -0.368 e. The van der Waals surface area contributed by atoms with Crippen molar-refractivity contribution in [3.8, 4) is 0 Å². The number of aromatic nitrogens is 2. The molecule has 1 heterocycles. The van der Waals surface area contributed by atoms with Gasteiger partial charge < -0.3 is 11.1 Å². The van der Waals surface area contributed by atoms with Gasteiger partial charge in [0.1, 0.15) is 5.54 Å². The Balaban J connectivity index is 1.67. The van der Waals surface area contributed by atoms with Gasteiger partial charge in [-0.25, -0.2) is 0 Å². The molecule has 2 saturated carbocycles. The van der Waals surface area contributed by atoms with Gasteiger partial charge in [-0.2, -0.15) is 5.10 Å². The standard InChI is InChI=1S/C15H24N4O/c1-11-6-9-19(18-11)10-7-12-3-2-8-15(12,14(16)20)17-13-4-5-13/h6,9,12-13,17H,2-5,7-8,10H2,1H3,(H2,16,20). The Morgan fingerprint density at radius 1 is 1.55 bits per heavy atom. The van der Waals surface area contributed by atoms with Gasteiger partial charge in [0.25, 0.3) is 0 Å².